The highest BCUT2D eigenvalue weighted by Gasteiger charge is 2.72. The Balaban J connectivity index is 0.00000169. The summed E-state index contributed by atoms with van der Waals surface area (Å²) in [5.74, 6) is 0.375. The van der Waals surface area contributed by atoms with Crippen molar-refractivity contribution in [2.45, 2.75) is 50.7 Å². The van der Waals surface area contributed by atoms with Gasteiger partial charge in [-0.25, -0.2) is 19.1 Å². The SMILES string of the molecule is CC(C)COc1cc(F)cc(-c2ccc(C(=O)NS(=O)(=O)c3cccc(N)n3)c(OC3CC45C[C@@H]4CCC35)n2)c1.[HH].[HH].[HH]. The summed E-state index contributed by atoms with van der Waals surface area (Å²) in [6, 6.07) is 11.4. The molecule has 40 heavy (non-hydrogen) atoms. The van der Waals surface area contributed by atoms with Crippen LogP contribution in [0, 0.1) is 29.0 Å². The lowest BCUT2D eigenvalue weighted by Gasteiger charge is -2.43. The summed E-state index contributed by atoms with van der Waals surface area (Å²) in [5, 5.41) is -0.381. The van der Waals surface area contributed by atoms with Crippen LogP contribution in [-0.4, -0.2) is 37.0 Å². The number of nitrogens with one attached hydrogen (secondary N) is 1. The van der Waals surface area contributed by atoms with Gasteiger partial charge < -0.3 is 15.2 Å². The minimum absolute atomic E-state index is 0. The topological polar surface area (TPSA) is 134 Å². The zero-order valence-corrected chi connectivity index (χ0v) is 23.1. The number of hydrogen-bond acceptors (Lipinski definition) is 8. The van der Waals surface area contributed by atoms with Crippen LogP contribution in [0.4, 0.5) is 10.2 Å². The highest BCUT2D eigenvalue weighted by atomic mass is 32.2. The first-order valence-corrected chi connectivity index (χ1v) is 14.9. The number of pyridine rings is 2. The van der Waals surface area contributed by atoms with Gasteiger partial charge >= 0.3 is 0 Å². The normalized spacial score (nSPS) is 24.6. The van der Waals surface area contributed by atoms with Crippen molar-refractivity contribution in [1.29, 1.82) is 0 Å². The molecule has 1 spiro atoms. The van der Waals surface area contributed by atoms with Crippen molar-refractivity contribution in [3.8, 4) is 22.9 Å². The van der Waals surface area contributed by atoms with Crippen molar-refractivity contribution in [3.05, 3.63) is 59.9 Å². The third-order valence-electron chi connectivity index (χ3n) is 8.24. The number of benzene rings is 1. The van der Waals surface area contributed by atoms with Crippen LogP contribution in [0.25, 0.3) is 11.3 Å². The molecular formula is C29H37FN4O5S. The van der Waals surface area contributed by atoms with Crippen LogP contribution in [0.5, 0.6) is 11.6 Å². The summed E-state index contributed by atoms with van der Waals surface area (Å²) in [7, 11) is -4.31. The van der Waals surface area contributed by atoms with Crippen molar-refractivity contribution >= 4 is 21.7 Å². The number of hydrogen-bond donors (Lipinski definition) is 2. The molecule has 3 fully saturated rings. The van der Waals surface area contributed by atoms with E-state index in [2.05, 4.69) is 9.97 Å². The van der Waals surface area contributed by atoms with Gasteiger partial charge in [0.15, 0.2) is 5.03 Å². The Kier molecular flexibility index (Phi) is 6.44. The monoisotopic (exact) mass is 572 g/mol. The maximum absolute atomic E-state index is 14.5. The first-order chi connectivity index (χ1) is 19.0. The minimum atomic E-state index is -4.31. The first-order valence-electron chi connectivity index (χ1n) is 13.5. The minimum Gasteiger partial charge on any atom is -0.493 e. The van der Waals surface area contributed by atoms with E-state index in [4.69, 9.17) is 15.2 Å². The molecule has 6 rings (SSSR count). The molecule has 3 aromatic rings. The second-order valence-corrected chi connectivity index (χ2v) is 13.1. The maximum atomic E-state index is 14.5. The van der Waals surface area contributed by atoms with Crippen molar-refractivity contribution in [2.24, 2.45) is 23.2 Å². The smallest absolute Gasteiger partial charge is 0.281 e. The van der Waals surface area contributed by atoms with E-state index in [1.54, 1.807) is 6.07 Å². The molecule has 3 unspecified atom stereocenters. The molecule has 0 radical (unpaired) electrons. The van der Waals surface area contributed by atoms with Gasteiger partial charge in [0.1, 0.15) is 29.1 Å². The van der Waals surface area contributed by atoms with E-state index in [-0.39, 0.29) is 38.6 Å². The number of nitrogen functional groups attached to an aromatic ring is 1. The molecule has 1 amide bonds. The summed E-state index contributed by atoms with van der Waals surface area (Å²) < 4.78 is 54.3. The molecule has 3 aliphatic carbocycles. The van der Waals surface area contributed by atoms with E-state index in [0.29, 0.717) is 34.9 Å². The molecule has 2 heterocycles. The number of carbonyl (C=O) groups is 1. The molecule has 1 aromatic carbocycles. The Morgan fingerprint density at radius 3 is 2.73 bits per heavy atom. The Bertz CT molecular complexity index is 1610. The number of ether oxygens (including phenoxy) is 2. The van der Waals surface area contributed by atoms with Crippen LogP contribution in [-0.2, 0) is 10.0 Å². The van der Waals surface area contributed by atoms with Gasteiger partial charge in [0.05, 0.1) is 12.3 Å². The van der Waals surface area contributed by atoms with Crippen LogP contribution in [0.15, 0.2) is 53.6 Å². The number of carbonyl (C=O) groups excluding carboxylic acids is 1. The van der Waals surface area contributed by atoms with Crippen molar-refractivity contribution in [1.82, 2.24) is 14.7 Å². The molecule has 0 aliphatic heterocycles. The van der Waals surface area contributed by atoms with E-state index in [1.165, 1.54) is 55.3 Å². The fraction of sp³-hybridized carbons (Fsp3) is 0.414. The van der Waals surface area contributed by atoms with Gasteiger partial charge in [0.25, 0.3) is 15.9 Å². The number of aromatic nitrogens is 2. The lowest BCUT2D eigenvalue weighted by Crippen LogP contribution is -2.45. The lowest BCUT2D eigenvalue weighted by atomic mass is 9.68. The fourth-order valence-electron chi connectivity index (χ4n) is 6.22. The predicted molar refractivity (Wildman–Crippen MR) is 152 cm³/mol. The highest BCUT2D eigenvalue weighted by Crippen LogP contribution is 2.76. The van der Waals surface area contributed by atoms with Crippen LogP contribution >= 0.6 is 0 Å². The Hall–Kier alpha value is -3.73. The predicted octanol–water partition coefficient (Wildman–Crippen LogP) is 5.32. The van der Waals surface area contributed by atoms with Crippen molar-refractivity contribution < 1.29 is 31.4 Å². The first kappa shape index (κ1) is 26.5. The highest BCUT2D eigenvalue weighted by molar-refractivity contribution is 7.90. The van der Waals surface area contributed by atoms with Crippen LogP contribution < -0.4 is 19.9 Å². The maximum Gasteiger partial charge on any atom is 0.281 e. The van der Waals surface area contributed by atoms with Gasteiger partial charge in [-0.2, -0.15) is 8.42 Å². The third-order valence-corrected chi connectivity index (χ3v) is 9.47. The summed E-state index contributed by atoms with van der Waals surface area (Å²) >= 11 is 0. The van der Waals surface area contributed by atoms with Crippen LogP contribution in [0.3, 0.4) is 0 Å². The molecule has 0 saturated heterocycles. The van der Waals surface area contributed by atoms with Gasteiger partial charge in [-0.15, -0.1) is 0 Å². The standard InChI is InChI=1S/C29H31FN4O5S.3H2/c1-16(2)15-38-20-11-17(10-19(30)12-20)23-9-7-21(27(35)34-40(36,37)26-5-3-4-25(31)33-26)28(32-23)39-24-14-29-13-18(29)6-8-22(24)29;;;/h3-5,7,9-12,16,18,22,24H,6,8,13-15H2,1-2H3,(H2,31,33)(H,34,35);3*1H/t18-,22?,24?,29?;;;/m0.../s1. The quantitative estimate of drug-likeness (QED) is 0.352. The van der Waals surface area contributed by atoms with Crippen LogP contribution in [0.1, 0.15) is 54.2 Å². The largest absolute Gasteiger partial charge is 0.493 e. The molecule has 2 aromatic heterocycles. The van der Waals surface area contributed by atoms with E-state index in [1.807, 2.05) is 18.6 Å². The molecule has 0 bridgehead atoms. The molecule has 216 valence electrons. The second kappa shape index (κ2) is 9.72. The lowest BCUT2D eigenvalue weighted by molar-refractivity contribution is -0.0250. The number of rotatable bonds is 9. The molecule has 3 aliphatic rings. The molecule has 3 saturated carbocycles. The number of amides is 1. The van der Waals surface area contributed by atoms with E-state index >= 15 is 0 Å². The summed E-state index contributed by atoms with van der Waals surface area (Å²) in [5.41, 5.74) is 6.75. The Morgan fingerprint density at radius 2 is 2.00 bits per heavy atom. The molecule has 9 nitrogen and oxygen atoms in total. The van der Waals surface area contributed by atoms with Gasteiger partial charge in [-0.3, -0.25) is 4.79 Å². The Morgan fingerprint density at radius 1 is 1.18 bits per heavy atom. The summed E-state index contributed by atoms with van der Waals surface area (Å²) in [4.78, 5) is 21.7. The van der Waals surface area contributed by atoms with Gasteiger partial charge in [-0.05, 0) is 79.3 Å². The number of nitrogens with two attached hydrogens (primary N) is 1. The summed E-state index contributed by atoms with van der Waals surface area (Å²) in [6.45, 7) is 4.42. The van der Waals surface area contributed by atoms with E-state index in [0.717, 1.165) is 18.8 Å². The number of halogens is 1. The molecular weight excluding hydrogens is 535 g/mol. The van der Waals surface area contributed by atoms with Crippen molar-refractivity contribution in [3.63, 3.8) is 0 Å². The fourth-order valence-corrected chi connectivity index (χ4v) is 7.17. The molecule has 11 heteroatoms. The average molecular weight is 573 g/mol. The Labute approximate surface area is 236 Å². The molecule has 3 N–H and O–H groups in total. The van der Waals surface area contributed by atoms with Gasteiger partial charge in [0.2, 0.25) is 5.88 Å². The molecule has 4 atom stereocenters. The van der Waals surface area contributed by atoms with Crippen molar-refractivity contribution in [2.75, 3.05) is 12.3 Å². The number of nitrogens with zero attached hydrogens (tertiary/aromatic N) is 2. The average Bonchev–Trinajstić information content (AvgIpc) is 3.55. The zero-order valence-electron chi connectivity index (χ0n) is 22.3. The zero-order chi connectivity index (χ0) is 28.2. The number of anilines is 1. The van der Waals surface area contributed by atoms with E-state index in [9.17, 15) is 17.6 Å². The summed E-state index contributed by atoms with van der Waals surface area (Å²) in [6.07, 6.45) is 4.22. The third kappa shape index (κ3) is 4.87. The van der Waals surface area contributed by atoms with Gasteiger partial charge in [-0.1, -0.05) is 19.9 Å². The van der Waals surface area contributed by atoms with E-state index < -0.39 is 21.7 Å². The number of sulfonamides is 1. The van der Waals surface area contributed by atoms with Gasteiger partial charge in [0, 0.05) is 21.8 Å². The van der Waals surface area contributed by atoms with Crippen LogP contribution in [0.2, 0.25) is 0 Å². The second-order valence-electron chi connectivity index (χ2n) is 11.4.